The summed E-state index contributed by atoms with van der Waals surface area (Å²) in [5, 5.41) is 5.55. The zero-order valence-electron chi connectivity index (χ0n) is 5.15. The summed E-state index contributed by atoms with van der Waals surface area (Å²) in [6, 6.07) is 3.84. The fourth-order valence-electron chi connectivity index (χ4n) is 0.496. The molecule has 0 unspecified atom stereocenters. The molecule has 0 aromatic carbocycles. The van der Waals surface area contributed by atoms with Gasteiger partial charge in [0.2, 0.25) is 6.41 Å². The van der Waals surface area contributed by atoms with Gasteiger partial charge in [-0.3, -0.25) is 4.79 Å². The van der Waals surface area contributed by atoms with Crippen LogP contribution in [0.1, 0.15) is 4.88 Å². The molecule has 0 fully saturated rings. The molecule has 0 saturated heterocycles. The van der Waals surface area contributed by atoms with Gasteiger partial charge in [-0.2, -0.15) is 5.10 Å². The first-order chi connectivity index (χ1) is 4.93. The van der Waals surface area contributed by atoms with Gasteiger partial charge in [-0.15, -0.1) is 11.3 Å². The predicted molar refractivity (Wildman–Crippen MR) is 41.1 cm³/mol. The van der Waals surface area contributed by atoms with E-state index in [2.05, 4.69) is 10.5 Å². The van der Waals surface area contributed by atoms with Crippen LogP contribution in [0.15, 0.2) is 22.6 Å². The predicted octanol–water partition coefficient (Wildman–Crippen LogP) is 0.828. The number of rotatable bonds is 3. The molecule has 0 aliphatic heterocycles. The van der Waals surface area contributed by atoms with Gasteiger partial charge in [0.05, 0.1) is 6.21 Å². The second-order valence-electron chi connectivity index (χ2n) is 1.52. The summed E-state index contributed by atoms with van der Waals surface area (Å²) in [5.74, 6) is 0. The average Bonchev–Trinajstić information content (AvgIpc) is 2.41. The summed E-state index contributed by atoms with van der Waals surface area (Å²) in [7, 11) is 0. The van der Waals surface area contributed by atoms with E-state index in [-0.39, 0.29) is 0 Å². The fraction of sp³-hybridized carbons (Fsp3) is 0. The van der Waals surface area contributed by atoms with E-state index >= 15 is 0 Å². The Balaban J connectivity index is 2.47. The van der Waals surface area contributed by atoms with Gasteiger partial charge in [-0.1, -0.05) is 6.07 Å². The van der Waals surface area contributed by atoms with E-state index < -0.39 is 0 Å². The standard InChI is InChI=1S/C6H6N2OS/c9-5-8-7-4-6-2-1-3-10-6/h1-5H,(H,8,9)/b7-4+. The summed E-state index contributed by atoms with van der Waals surface area (Å²) >= 11 is 1.57. The highest BCUT2D eigenvalue weighted by molar-refractivity contribution is 7.11. The smallest absolute Gasteiger partial charge is 0.227 e. The fourth-order valence-corrected chi connectivity index (χ4v) is 1.08. The van der Waals surface area contributed by atoms with E-state index in [1.165, 1.54) is 0 Å². The molecule has 1 aromatic rings. The van der Waals surface area contributed by atoms with Crippen LogP contribution in [0, 0.1) is 0 Å². The topological polar surface area (TPSA) is 41.5 Å². The van der Waals surface area contributed by atoms with Crippen molar-refractivity contribution in [2.75, 3.05) is 0 Å². The van der Waals surface area contributed by atoms with Crippen LogP contribution in [-0.2, 0) is 4.79 Å². The van der Waals surface area contributed by atoms with Crippen molar-refractivity contribution in [3.05, 3.63) is 22.4 Å². The van der Waals surface area contributed by atoms with E-state index in [9.17, 15) is 4.79 Å². The van der Waals surface area contributed by atoms with Crippen LogP contribution in [-0.4, -0.2) is 12.6 Å². The Labute approximate surface area is 62.4 Å². The minimum Gasteiger partial charge on any atom is -0.277 e. The maximum Gasteiger partial charge on any atom is 0.227 e. The van der Waals surface area contributed by atoms with Crippen molar-refractivity contribution in [3.8, 4) is 0 Å². The molecule has 1 aromatic heterocycles. The number of amides is 1. The first kappa shape index (κ1) is 6.95. The van der Waals surface area contributed by atoms with Gasteiger partial charge in [-0.25, -0.2) is 5.43 Å². The van der Waals surface area contributed by atoms with Crippen molar-refractivity contribution < 1.29 is 4.79 Å². The van der Waals surface area contributed by atoms with Gasteiger partial charge in [0.15, 0.2) is 0 Å². The molecule has 1 amide bonds. The normalized spacial score (nSPS) is 10.0. The Hall–Kier alpha value is -1.16. The summed E-state index contributed by atoms with van der Waals surface area (Å²) in [4.78, 5) is 10.7. The van der Waals surface area contributed by atoms with Crippen LogP contribution in [0.2, 0.25) is 0 Å². The van der Waals surface area contributed by atoms with Gasteiger partial charge < -0.3 is 0 Å². The van der Waals surface area contributed by atoms with Crippen LogP contribution in [0.25, 0.3) is 0 Å². The molecule has 0 bridgehead atoms. The molecule has 0 aliphatic carbocycles. The minimum absolute atomic E-state index is 0.532. The Morgan fingerprint density at radius 2 is 2.60 bits per heavy atom. The number of nitrogens with one attached hydrogen (secondary N) is 1. The second-order valence-corrected chi connectivity index (χ2v) is 2.50. The van der Waals surface area contributed by atoms with Gasteiger partial charge in [0.25, 0.3) is 0 Å². The van der Waals surface area contributed by atoms with Crippen molar-refractivity contribution in [2.45, 2.75) is 0 Å². The summed E-state index contributed by atoms with van der Waals surface area (Å²) in [5.41, 5.74) is 2.18. The van der Waals surface area contributed by atoms with E-state index in [4.69, 9.17) is 0 Å². The number of carbonyl (C=O) groups excluding carboxylic acids is 1. The molecule has 4 heteroatoms. The van der Waals surface area contributed by atoms with Crippen LogP contribution in [0.3, 0.4) is 0 Å². The van der Waals surface area contributed by atoms with Crippen LogP contribution < -0.4 is 5.43 Å². The van der Waals surface area contributed by atoms with E-state index in [0.717, 1.165) is 4.88 Å². The van der Waals surface area contributed by atoms with E-state index in [0.29, 0.717) is 6.41 Å². The third-order valence-corrected chi connectivity index (χ3v) is 1.67. The van der Waals surface area contributed by atoms with Gasteiger partial charge in [-0.05, 0) is 11.4 Å². The molecule has 1 rings (SSSR count). The highest BCUT2D eigenvalue weighted by Crippen LogP contribution is 2.03. The molecule has 0 radical (unpaired) electrons. The maximum absolute atomic E-state index is 9.71. The Morgan fingerprint density at radius 3 is 3.20 bits per heavy atom. The molecule has 0 atom stereocenters. The minimum atomic E-state index is 0.532. The zero-order chi connectivity index (χ0) is 7.23. The molecule has 0 saturated carbocycles. The lowest BCUT2D eigenvalue weighted by Crippen LogP contribution is -1.99. The van der Waals surface area contributed by atoms with Gasteiger partial charge in [0.1, 0.15) is 0 Å². The molecule has 3 nitrogen and oxygen atoms in total. The zero-order valence-corrected chi connectivity index (χ0v) is 5.97. The van der Waals surface area contributed by atoms with Crippen LogP contribution >= 0.6 is 11.3 Å². The molecule has 0 aliphatic rings. The van der Waals surface area contributed by atoms with Crippen molar-refractivity contribution in [1.29, 1.82) is 0 Å². The third-order valence-electron chi connectivity index (χ3n) is 0.862. The Kier molecular flexibility index (Phi) is 2.63. The lowest BCUT2D eigenvalue weighted by molar-refractivity contribution is -0.109. The van der Waals surface area contributed by atoms with Crippen LogP contribution in [0.5, 0.6) is 0 Å². The van der Waals surface area contributed by atoms with Gasteiger partial charge in [0, 0.05) is 4.88 Å². The van der Waals surface area contributed by atoms with E-state index in [1.54, 1.807) is 17.6 Å². The highest BCUT2D eigenvalue weighted by atomic mass is 32.1. The molecule has 10 heavy (non-hydrogen) atoms. The Bertz CT molecular complexity index is 218. The van der Waals surface area contributed by atoms with Gasteiger partial charge >= 0.3 is 0 Å². The summed E-state index contributed by atoms with van der Waals surface area (Å²) < 4.78 is 0. The third kappa shape index (κ3) is 1.99. The van der Waals surface area contributed by atoms with Crippen molar-refractivity contribution in [2.24, 2.45) is 5.10 Å². The molecular weight excluding hydrogens is 148 g/mol. The van der Waals surface area contributed by atoms with Crippen molar-refractivity contribution in [3.63, 3.8) is 0 Å². The molecule has 1 heterocycles. The number of hydrazone groups is 1. The van der Waals surface area contributed by atoms with E-state index in [1.807, 2.05) is 17.5 Å². The summed E-state index contributed by atoms with van der Waals surface area (Å²) in [6.07, 6.45) is 2.13. The summed E-state index contributed by atoms with van der Waals surface area (Å²) in [6.45, 7) is 0. The van der Waals surface area contributed by atoms with Crippen LogP contribution in [0.4, 0.5) is 0 Å². The number of hydrogen-bond donors (Lipinski definition) is 1. The second kappa shape index (κ2) is 3.79. The number of thiophene rings is 1. The number of nitrogens with zero attached hydrogens (tertiary/aromatic N) is 1. The quantitative estimate of drug-likeness (QED) is 0.391. The SMILES string of the molecule is O=CN/N=C/c1cccs1. The molecule has 52 valence electrons. The Morgan fingerprint density at radius 1 is 1.70 bits per heavy atom. The molecule has 1 N–H and O–H groups in total. The first-order valence-corrected chi connectivity index (χ1v) is 3.57. The molecule has 0 spiro atoms. The number of hydrogen-bond acceptors (Lipinski definition) is 3. The lowest BCUT2D eigenvalue weighted by Gasteiger charge is -1.81. The first-order valence-electron chi connectivity index (χ1n) is 2.69. The lowest BCUT2D eigenvalue weighted by atomic mass is 10.5. The number of carbonyl (C=O) groups is 1. The highest BCUT2D eigenvalue weighted by Gasteiger charge is 1.83. The maximum atomic E-state index is 9.71. The monoisotopic (exact) mass is 154 g/mol. The van der Waals surface area contributed by atoms with Crippen molar-refractivity contribution >= 4 is 24.0 Å². The largest absolute Gasteiger partial charge is 0.277 e. The van der Waals surface area contributed by atoms with Crippen molar-refractivity contribution in [1.82, 2.24) is 5.43 Å². The molecular formula is C6H6N2OS. The average molecular weight is 154 g/mol.